The molecule has 1 atom stereocenters. The molecule has 2 heterocycles. The molecule has 220 valence electrons. The minimum absolute atomic E-state index is 0.0704. The molecular formula is C33H23ClFN3O4S2. The Morgan fingerprint density at radius 3 is 2.50 bits per heavy atom. The lowest BCUT2D eigenvalue weighted by molar-refractivity contribution is -0.132. The van der Waals surface area contributed by atoms with E-state index in [0.29, 0.717) is 37.7 Å². The highest BCUT2D eigenvalue weighted by molar-refractivity contribution is 8.00. The first kappa shape index (κ1) is 29.6. The number of aryl methyl sites for hydroxylation is 1. The number of benzene rings is 4. The summed E-state index contributed by atoms with van der Waals surface area (Å²) in [6.45, 7) is 1.59. The van der Waals surface area contributed by atoms with Gasteiger partial charge in [0.2, 0.25) is 5.13 Å². The minimum Gasteiger partial charge on any atom is -0.507 e. The molecule has 1 fully saturated rings. The van der Waals surface area contributed by atoms with Crippen molar-refractivity contribution in [3.63, 3.8) is 0 Å². The third-order valence-electron chi connectivity index (χ3n) is 6.95. The first-order valence-corrected chi connectivity index (χ1v) is 15.6. The van der Waals surface area contributed by atoms with Crippen molar-refractivity contribution in [2.45, 2.75) is 23.1 Å². The predicted octanol–water partition coefficient (Wildman–Crippen LogP) is 8.35. The fraction of sp³-hybridized carbons (Fsp3) is 0.0909. The largest absolute Gasteiger partial charge is 0.507 e. The second kappa shape index (κ2) is 12.6. The van der Waals surface area contributed by atoms with Crippen molar-refractivity contribution in [2.24, 2.45) is 0 Å². The van der Waals surface area contributed by atoms with Crippen molar-refractivity contribution in [2.75, 3.05) is 4.90 Å². The molecule has 44 heavy (non-hydrogen) atoms. The van der Waals surface area contributed by atoms with Gasteiger partial charge in [0.05, 0.1) is 11.6 Å². The van der Waals surface area contributed by atoms with Gasteiger partial charge in [-0.05, 0) is 60.0 Å². The zero-order valence-corrected chi connectivity index (χ0v) is 25.5. The smallest absolute Gasteiger partial charge is 0.301 e. The van der Waals surface area contributed by atoms with Gasteiger partial charge in [-0.1, -0.05) is 95.4 Å². The van der Waals surface area contributed by atoms with Crippen LogP contribution in [-0.4, -0.2) is 27.0 Å². The van der Waals surface area contributed by atoms with Gasteiger partial charge in [0, 0.05) is 16.3 Å². The van der Waals surface area contributed by atoms with Crippen LogP contribution >= 0.6 is 34.7 Å². The summed E-state index contributed by atoms with van der Waals surface area (Å²) in [5, 5.41) is 20.7. The Bertz CT molecular complexity index is 1910. The minimum atomic E-state index is -1.09. The van der Waals surface area contributed by atoms with Crippen LogP contribution in [0.15, 0.2) is 107 Å². The number of Topliss-reactive ketones (excluding diaryl/α,β-unsaturated/α-hetero) is 1. The molecule has 5 aromatic rings. The van der Waals surface area contributed by atoms with Gasteiger partial charge < -0.3 is 9.84 Å². The van der Waals surface area contributed by atoms with Crippen molar-refractivity contribution in [3.05, 3.63) is 136 Å². The zero-order valence-electron chi connectivity index (χ0n) is 23.1. The molecule has 0 spiro atoms. The number of amides is 1. The Kier molecular flexibility index (Phi) is 8.47. The van der Waals surface area contributed by atoms with Crippen molar-refractivity contribution in [1.82, 2.24) is 10.2 Å². The normalized spacial score (nSPS) is 16.0. The van der Waals surface area contributed by atoms with Gasteiger partial charge in [0.15, 0.2) is 4.34 Å². The van der Waals surface area contributed by atoms with Crippen LogP contribution in [0.25, 0.3) is 5.76 Å². The van der Waals surface area contributed by atoms with E-state index in [9.17, 15) is 19.1 Å². The number of halogens is 2. The standard InChI is InChI=1S/C33H23ClFN3O4S2/c1-19-14-15-21(17-26(19)35)29(39)27-28(20-9-7-12-24(16-20)42-23-10-3-2-4-11-23)38(31(41)30(27)40)32-36-37-33(44-32)43-18-22-8-5-6-13-25(22)34/h2-17,28,39H,18H2,1H3/t28-/m0/s1. The van der Waals surface area contributed by atoms with Crippen molar-refractivity contribution < 1.29 is 23.8 Å². The summed E-state index contributed by atoms with van der Waals surface area (Å²) in [4.78, 5) is 28.4. The van der Waals surface area contributed by atoms with Crippen LogP contribution < -0.4 is 9.64 Å². The summed E-state index contributed by atoms with van der Waals surface area (Å²) in [5.74, 6) is -1.30. The van der Waals surface area contributed by atoms with Gasteiger partial charge in [0.1, 0.15) is 23.1 Å². The van der Waals surface area contributed by atoms with Crippen LogP contribution in [0.2, 0.25) is 5.02 Å². The number of aliphatic hydroxyl groups is 1. The molecule has 1 aromatic heterocycles. The topological polar surface area (TPSA) is 92.6 Å². The average molecular weight is 644 g/mol. The number of para-hydroxylation sites is 1. The van der Waals surface area contributed by atoms with Crippen LogP contribution in [0, 0.1) is 12.7 Å². The van der Waals surface area contributed by atoms with E-state index in [1.807, 2.05) is 36.4 Å². The highest BCUT2D eigenvalue weighted by Crippen LogP contribution is 2.45. The Balaban J connectivity index is 1.41. The maximum Gasteiger partial charge on any atom is 0.301 e. The van der Waals surface area contributed by atoms with Gasteiger partial charge in [-0.25, -0.2) is 4.39 Å². The number of ether oxygens (including phenoxy) is 1. The number of ketones is 1. The summed E-state index contributed by atoms with van der Waals surface area (Å²) < 4.78 is 21.1. The lowest BCUT2D eigenvalue weighted by atomic mass is 9.95. The molecule has 0 radical (unpaired) electrons. The van der Waals surface area contributed by atoms with Crippen LogP contribution in [-0.2, 0) is 15.3 Å². The van der Waals surface area contributed by atoms with E-state index in [1.54, 1.807) is 49.4 Å². The van der Waals surface area contributed by atoms with Crippen molar-refractivity contribution in [1.29, 1.82) is 0 Å². The SMILES string of the molecule is Cc1ccc(C(O)=C2C(=O)C(=O)N(c3nnc(SCc4ccccc4Cl)s3)[C@H]2c2cccc(Oc3ccccc3)c2)cc1F. The number of anilines is 1. The number of rotatable bonds is 8. The lowest BCUT2D eigenvalue weighted by Crippen LogP contribution is -2.29. The maximum atomic E-state index is 14.5. The number of aromatic nitrogens is 2. The Hall–Kier alpha value is -4.51. The van der Waals surface area contributed by atoms with Crippen LogP contribution in [0.5, 0.6) is 11.5 Å². The highest BCUT2D eigenvalue weighted by Gasteiger charge is 2.48. The van der Waals surface area contributed by atoms with Crippen LogP contribution in [0.3, 0.4) is 0 Å². The summed E-state index contributed by atoms with van der Waals surface area (Å²) in [6.07, 6.45) is 0. The van der Waals surface area contributed by atoms with E-state index in [0.717, 1.165) is 23.0 Å². The highest BCUT2D eigenvalue weighted by atomic mass is 35.5. The van der Waals surface area contributed by atoms with Gasteiger partial charge in [0.25, 0.3) is 5.78 Å². The third-order valence-corrected chi connectivity index (χ3v) is 9.43. The zero-order chi connectivity index (χ0) is 30.8. The van der Waals surface area contributed by atoms with E-state index in [4.69, 9.17) is 16.3 Å². The Morgan fingerprint density at radius 1 is 0.977 bits per heavy atom. The molecule has 1 aliphatic heterocycles. The molecule has 0 bridgehead atoms. The molecule has 1 amide bonds. The van der Waals surface area contributed by atoms with Crippen molar-refractivity contribution >= 4 is 57.3 Å². The van der Waals surface area contributed by atoms with E-state index in [1.165, 1.54) is 28.8 Å². The number of hydrogen-bond donors (Lipinski definition) is 1. The quantitative estimate of drug-likeness (QED) is 0.0597. The summed E-state index contributed by atoms with van der Waals surface area (Å²) in [5.41, 5.74) is 1.64. The molecular weight excluding hydrogens is 621 g/mol. The van der Waals surface area contributed by atoms with Gasteiger partial charge in [-0.2, -0.15) is 0 Å². The second-order valence-electron chi connectivity index (χ2n) is 9.85. The molecule has 1 aliphatic rings. The fourth-order valence-electron chi connectivity index (χ4n) is 4.73. The van der Waals surface area contributed by atoms with Gasteiger partial charge in [-0.15, -0.1) is 10.2 Å². The second-order valence-corrected chi connectivity index (χ2v) is 12.4. The van der Waals surface area contributed by atoms with Gasteiger partial charge >= 0.3 is 5.91 Å². The number of hydrogen-bond acceptors (Lipinski definition) is 8. The van der Waals surface area contributed by atoms with Crippen molar-refractivity contribution in [3.8, 4) is 11.5 Å². The number of aliphatic hydroxyl groups excluding tert-OH is 1. The Labute approximate surface area is 265 Å². The predicted molar refractivity (Wildman–Crippen MR) is 170 cm³/mol. The maximum absolute atomic E-state index is 14.5. The first-order valence-electron chi connectivity index (χ1n) is 13.4. The Morgan fingerprint density at radius 2 is 1.73 bits per heavy atom. The first-order chi connectivity index (χ1) is 21.3. The molecule has 0 aliphatic carbocycles. The average Bonchev–Trinajstić information content (AvgIpc) is 3.60. The van der Waals surface area contributed by atoms with Crippen LogP contribution in [0.1, 0.15) is 28.3 Å². The van der Waals surface area contributed by atoms with E-state index < -0.39 is 29.3 Å². The number of carbonyl (C=O) groups is 2. The molecule has 11 heteroatoms. The van der Waals surface area contributed by atoms with Crippen LogP contribution in [0.4, 0.5) is 9.52 Å². The van der Waals surface area contributed by atoms with E-state index >= 15 is 0 Å². The number of carbonyl (C=O) groups excluding carboxylic acids is 2. The summed E-state index contributed by atoms with van der Waals surface area (Å²) >= 11 is 8.83. The number of thioether (sulfide) groups is 1. The fourth-order valence-corrected chi connectivity index (χ4v) is 6.88. The molecule has 0 unspecified atom stereocenters. The van der Waals surface area contributed by atoms with Gasteiger partial charge in [-0.3, -0.25) is 14.5 Å². The summed E-state index contributed by atoms with van der Waals surface area (Å²) in [7, 11) is 0. The van der Waals surface area contributed by atoms with E-state index in [-0.39, 0.29) is 16.3 Å². The lowest BCUT2D eigenvalue weighted by Gasteiger charge is -2.23. The molecule has 4 aromatic carbocycles. The number of nitrogens with zero attached hydrogens (tertiary/aromatic N) is 3. The van der Waals surface area contributed by atoms with E-state index in [2.05, 4.69) is 10.2 Å². The molecule has 6 rings (SSSR count). The third kappa shape index (κ3) is 5.96. The molecule has 1 N–H and O–H groups in total. The molecule has 0 saturated carbocycles. The molecule has 7 nitrogen and oxygen atoms in total. The monoisotopic (exact) mass is 643 g/mol. The summed E-state index contributed by atoms with van der Waals surface area (Å²) in [6, 6.07) is 26.5. The molecule has 1 saturated heterocycles.